The van der Waals surface area contributed by atoms with E-state index in [-0.39, 0.29) is 12.5 Å². The van der Waals surface area contributed by atoms with E-state index in [0.29, 0.717) is 19.4 Å². The van der Waals surface area contributed by atoms with Crippen molar-refractivity contribution in [3.63, 3.8) is 0 Å². The second kappa shape index (κ2) is 47.7. The molecule has 0 aliphatic carbocycles. The monoisotopic (exact) mass is 780 g/mol. The second-order valence-electron chi connectivity index (χ2n) is 17.7. The molecule has 0 aliphatic rings. The molecule has 0 aromatic heterocycles. The maximum Gasteiger partial charge on any atom is 0.220 e. The molecule has 0 fully saturated rings. The van der Waals surface area contributed by atoms with Gasteiger partial charge in [-0.2, -0.15) is 0 Å². The molecule has 0 heterocycles. The number of aliphatic hydroxyl groups is 3. The van der Waals surface area contributed by atoms with Crippen molar-refractivity contribution in [1.82, 2.24) is 5.32 Å². The summed E-state index contributed by atoms with van der Waals surface area (Å²) in [4.78, 5) is 12.4. The Balaban J connectivity index is 3.36. The van der Waals surface area contributed by atoms with Crippen LogP contribution in [0.5, 0.6) is 0 Å². The van der Waals surface area contributed by atoms with E-state index in [9.17, 15) is 15.0 Å². The average Bonchev–Trinajstić information content (AvgIpc) is 3.19. The minimum absolute atomic E-state index is 0.0280. The Kier molecular flexibility index (Phi) is 47.2. The van der Waals surface area contributed by atoms with Crippen molar-refractivity contribution in [1.29, 1.82) is 0 Å². The normalized spacial score (nSPS) is 12.7. The van der Waals surface area contributed by atoms with Crippen molar-refractivity contribution in [3.8, 4) is 0 Å². The van der Waals surface area contributed by atoms with E-state index < -0.39 is 12.1 Å². The first-order chi connectivity index (χ1) is 27.2. The fourth-order valence-electron chi connectivity index (χ4n) is 8.29. The smallest absolute Gasteiger partial charge is 0.220 e. The number of carbonyl (C=O) groups excluding carboxylic acids is 1. The Hall–Kier alpha value is -0.650. The number of carbonyl (C=O) groups is 1. The molecular formula is C50H101NO4. The number of amides is 1. The van der Waals surface area contributed by atoms with Gasteiger partial charge in [-0.15, -0.1) is 0 Å². The predicted octanol–water partition coefficient (Wildman–Crippen LogP) is 15.0. The van der Waals surface area contributed by atoms with Gasteiger partial charge in [0.2, 0.25) is 5.91 Å². The van der Waals surface area contributed by atoms with Gasteiger partial charge in [0.1, 0.15) is 0 Å². The summed E-state index contributed by atoms with van der Waals surface area (Å²) >= 11 is 0. The van der Waals surface area contributed by atoms with E-state index in [1.807, 2.05) is 0 Å². The average molecular weight is 780 g/mol. The summed E-state index contributed by atoms with van der Waals surface area (Å²) in [6.45, 7) is 2.44. The molecule has 0 radical (unpaired) electrons. The topological polar surface area (TPSA) is 89.8 Å². The summed E-state index contributed by atoms with van der Waals surface area (Å²) in [6.07, 6.45) is 56.5. The number of unbranched alkanes of at least 4 members (excludes halogenated alkanes) is 40. The van der Waals surface area contributed by atoms with Crippen LogP contribution in [0.25, 0.3) is 0 Å². The SMILES string of the molecule is CCCCCCCCCCCCCCCC(O)C(CO)NC(=O)CCCCCCCCCCCCCCCCCCCCCCCCCCCCCCCO. The summed E-state index contributed by atoms with van der Waals surface area (Å²) in [5.74, 6) is -0.0280. The Bertz CT molecular complexity index is 718. The summed E-state index contributed by atoms with van der Waals surface area (Å²) in [5.41, 5.74) is 0. The Morgan fingerprint density at radius 3 is 0.909 bits per heavy atom. The first kappa shape index (κ1) is 54.3. The fraction of sp³-hybridized carbons (Fsp3) is 0.980. The zero-order valence-corrected chi connectivity index (χ0v) is 37.4. The molecular weight excluding hydrogens is 679 g/mol. The lowest BCUT2D eigenvalue weighted by Gasteiger charge is -2.22. The van der Waals surface area contributed by atoms with Crippen LogP contribution in [0, 0.1) is 0 Å². The number of hydrogen-bond donors (Lipinski definition) is 4. The number of rotatable bonds is 48. The lowest BCUT2D eigenvalue weighted by molar-refractivity contribution is -0.123. The zero-order chi connectivity index (χ0) is 40.0. The third-order valence-corrected chi connectivity index (χ3v) is 12.2. The van der Waals surface area contributed by atoms with Crippen LogP contribution >= 0.6 is 0 Å². The number of aliphatic hydroxyl groups excluding tert-OH is 3. The van der Waals surface area contributed by atoms with Gasteiger partial charge in [-0.3, -0.25) is 4.79 Å². The van der Waals surface area contributed by atoms with Crippen LogP contribution in [0.3, 0.4) is 0 Å². The molecule has 1 amide bonds. The van der Waals surface area contributed by atoms with Crippen LogP contribution in [-0.2, 0) is 4.79 Å². The molecule has 55 heavy (non-hydrogen) atoms. The van der Waals surface area contributed by atoms with Crippen LogP contribution in [0.1, 0.15) is 289 Å². The summed E-state index contributed by atoms with van der Waals surface area (Å²) in [6, 6.07) is -0.533. The lowest BCUT2D eigenvalue weighted by atomic mass is 10.0. The standard InChI is InChI=1S/C50H101NO4/c1-2-3-4-5-6-7-8-26-29-32-35-38-41-44-49(54)48(47-53)51-50(55)45-42-39-36-33-30-27-24-22-20-18-16-14-12-10-9-11-13-15-17-19-21-23-25-28-31-34-37-40-43-46-52/h48-49,52-54H,2-47H2,1H3,(H,51,55). The molecule has 0 spiro atoms. The minimum atomic E-state index is -0.656. The van der Waals surface area contributed by atoms with E-state index in [2.05, 4.69) is 12.2 Å². The maximum absolute atomic E-state index is 12.4. The molecule has 5 heteroatoms. The van der Waals surface area contributed by atoms with Gasteiger partial charge in [0, 0.05) is 13.0 Å². The highest BCUT2D eigenvalue weighted by molar-refractivity contribution is 5.76. The van der Waals surface area contributed by atoms with Crippen LogP contribution in [0.15, 0.2) is 0 Å². The molecule has 4 N–H and O–H groups in total. The Morgan fingerprint density at radius 2 is 0.636 bits per heavy atom. The molecule has 0 aromatic carbocycles. The van der Waals surface area contributed by atoms with Gasteiger partial charge in [-0.05, 0) is 19.3 Å². The second-order valence-corrected chi connectivity index (χ2v) is 17.7. The Labute approximate surface area is 345 Å². The van der Waals surface area contributed by atoms with Gasteiger partial charge >= 0.3 is 0 Å². The maximum atomic E-state index is 12.4. The van der Waals surface area contributed by atoms with E-state index in [0.717, 1.165) is 32.1 Å². The van der Waals surface area contributed by atoms with Crippen LogP contribution in [0.4, 0.5) is 0 Å². The molecule has 2 unspecified atom stereocenters. The molecule has 0 saturated carbocycles. The molecule has 0 bridgehead atoms. The van der Waals surface area contributed by atoms with E-state index >= 15 is 0 Å². The minimum Gasteiger partial charge on any atom is -0.396 e. The van der Waals surface area contributed by atoms with Crippen molar-refractivity contribution >= 4 is 5.91 Å². The molecule has 0 saturated heterocycles. The highest BCUT2D eigenvalue weighted by Gasteiger charge is 2.20. The third kappa shape index (κ3) is 44.3. The highest BCUT2D eigenvalue weighted by atomic mass is 16.3. The van der Waals surface area contributed by atoms with E-state index in [1.165, 1.54) is 238 Å². The number of hydrogen-bond acceptors (Lipinski definition) is 4. The van der Waals surface area contributed by atoms with Crippen molar-refractivity contribution in [2.75, 3.05) is 13.2 Å². The summed E-state index contributed by atoms with van der Waals surface area (Å²) < 4.78 is 0. The van der Waals surface area contributed by atoms with Gasteiger partial charge in [0.15, 0.2) is 0 Å². The van der Waals surface area contributed by atoms with Crippen molar-refractivity contribution in [2.24, 2.45) is 0 Å². The lowest BCUT2D eigenvalue weighted by Crippen LogP contribution is -2.45. The van der Waals surface area contributed by atoms with Gasteiger partial charge < -0.3 is 20.6 Å². The van der Waals surface area contributed by atoms with Crippen molar-refractivity contribution in [2.45, 2.75) is 302 Å². The molecule has 330 valence electrons. The first-order valence-corrected chi connectivity index (χ1v) is 25.3. The first-order valence-electron chi connectivity index (χ1n) is 25.3. The molecule has 0 rings (SSSR count). The van der Waals surface area contributed by atoms with Crippen molar-refractivity contribution in [3.05, 3.63) is 0 Å². The summed E-state index contributed by atoms with van der Waals surface area (Å²) in [5, 5.41) is 32.0. The van der Waals surface area contributed by atoms with Gasteiger partial charge in [-0.1, -0.05) is 264 Å². The third-order valence-electron chi connectivity index (χ3n) is 12.2. The molecule has 0 aliphatic heterocycles. The van der Waals surface area contributed by atoms with E-state index in [1.54, 1.807) is 0 Å². The van der Waals surface area contributed by atoms with Crippen LogP contribution in [0.2, 0.25) is 0 Å². The predicted molar refractivity (Wildman–Crippen MR) is 241 cm³/mol. The zero-order valence-electron chi connectivity index (χ0n) is 37.4. The highest BCUT2D eigenvalue weighted by Crippen LogP contribution is 2.18. The van der Waals surface area contributed by atoms with E-state index in [4.69, 9.17) is 5.11 Å². The molecule has 2 atom stereocenters. The van der Waals surface area contributed by atoms with Crippen molar-refractivity contribution < 1.29 is 20.1 Å². The Morgan fingerprint density at radius 1 is 0.382 bits per heavy atom. The van der Waals surface area contributed by atoms with Gasteiger partial charge in [0.05, 0.1) is 18.8 Å². The van der Waals surface area contributed by atoms with Gasteiger partial charge in [-0.25, -0.2) is 0 Å². The quantitative estimate of drug-likeness (QED) is 0.0463. The molecule has 0 aromatic rings. The van der Waals surface area contributed by atoms with Gasteiger partial charge in [0.25, 0.3) is 0 Å². The number of nitrogens with one attached hydrogen (secondary N) is 1. The van der Waals surface area contributed by atoms with Crippen LogP contribution < -0.4 is 5.32 Å². The largest absolute Gasteiger partial charge is 0.396 e. The fourth-order valence-corrected chi connectivity index (χ4v) is 8.29. The summed E-state index contributed by atoms with van der Waals surface area (Å²) in [7, 11) is 0. The molecule has 5 nitrogen and oxygen atoms in total. The van der Waals surface area contributed by atoms with Crippen LogP contribution in [-0.4, -0.2) is 46.6 Å².